The second kappa shape index (κ2) is 21.1. The number of piperidine rings is 2. The van der Waals surface area contributed by atoms with Gasteiger partial charge in [-0.25, -0.2) is 0 Å². The predicted octanol–water partition coefficient (Wildman–Crippen LogP) is 10.9. The van der Waals surface area contributed by atoms with Gasteiger partial charge in [-0.05, 0) is 175 Å². The second-order valence-electron chi connectivity index (χ2n) is 19.1. The first kappa shape index (κ1) is 47.6. The number of ether oxygens (including phenoxy) is 3. The first-order valence-corrected chi connectivity index (χ1v) is 22.7. The average Bonchev–Trinajstić information content (AvgIpc) is 3.24. The molecule has 0 aromatic heterocycles. The number of carbonyl (C=O) groups excluding carboxylic acids is 3. The van der Waals surface area contributed by atoms with E-state index < -0.39 is 0 Å². The van der Waals surface area contributed by atoms with Crippen LogP contribution in [0.15, 0.2) is 60.7 Å². The molecule has 4 aromatic rings. The average molecular weight is 837 g/mol. The van der Waals surface area contributed by atoms with Crippen LogP contribution >= 0.6 is 0 Å². The minimum absolute atomic E-state index is 0.0356. The van der Waals surface area contributed by atoms with Crippen molar-refractivity contribution in [3.63, 3.8) is 0 Å². The van der Waals surface area contributed by atoms with E-state index in [1.54, 1.807) is 6.07 Å². The molecule has 2 N–H and O–H groups in total. The van der Waals surface area contributed by atoms with E-state index in [-0.39, 0.29) is 28.5 Å². The van der Waals surface area contributed by atoms with Crippen molar-refractivity contribution in [3.8, 4) is 11.5 Å². The Morgan fingerprint density at radius 2 is 1.26 bits per heavy atom. The van der Waals surface area contributed by atoms with E-state index in [1.807, 2.05) is 52.0 Å². The third kappa shape index (κ3) is 11.9. The van der Waals surface area contributed by atoms with Gasteiger partial charge in [-0.2, -0.15) is 0 Å². The molecular formula is C52H72N2O7. The van der Waals surface area contributed by atoms with Crippen molar-refractivity contribution >= 4 is 39.8 Å². The quantitative estimate of drug-likeness (QED) is 0.126. The van der Waals surface area contributed by atoms with Crippen molar-refractivity contribution in [3.05, 3.63) is 82.9 Å². The number of hydrogen-bond acceptors (Lipinski definition) is 9. The third-order valence-electron chi connectivity index (χ3n) is 13.5. The minimum Gasteiger partial charge on any atom is -0.507 e. The summed E-state index contributed by atoms with van der Waals surface area (Å²) in [5.74, 6) is 1.80. The highest BCUT2D eigenvalue weighted by Gasteiger charge is 2.39. The van der Waals surface area contributed by atoms with Crippen LogP contribution in [0.4, 0.5) is 0 Å². The van der Waals surface area contributed by atoms with Crippen LogP contribution in [0.1, 0.15) is 127 Å². The molecule has 0 spiro atoms. The van der Waals surface area contributed by atoms with E-state index in [0.717, 1.165) is 99.3 Å². The molecule has 0 amide bonds. The first-order chi connectivity index (χ1) is 29.0. The monoisotopic (exact) mass is 837 g/mol. The second-order valence-corrected chi connectivity index (χ2v) is 19.1. The summed E-state index contributed by atoms with van der Waals surface area (Å²) in [5.41, 5.74) is 3.69. The molecule has 2 heterocycles. The van der Waals surface area contributed by atoms with Gasteiger partial charge in [-0.15, -0.1) is 0 Å². The van der Waals surface area contributed by atoms with Crippen LogP contribution in [0.25, 0.3) is 21.5 Å². The number of phenolic OH excluding ortho intramolecular Hbond substituents is 1. The molecule has 7 rings (SSSR count). The van der Waals surface area contributed by atoms with Crippen molar-refractivity contribution in [2.24, 2.45) is 22.2 Å². The number of hydrogen-bond donors (Lipinski definition) is 2. The maximum Gasteiger partial charge on any atom is 0.311 e. The zero-order valence-electron chi connectivity index (χ0n) is 38.5. The molecule has 0 atom stereocenters. The number of aryl methyl sites for hydroxylation is 2. The van der Waals surface area contributed by atoms with Crippen molar-refractivity contribution in [1.29, 1.82) is 0 Å². The van der Waals surface area contributed by atoms with Gasteiger partial charge in [-0.3, -0.25) is 19.3 Å². The number of benzene rings is 4. The predicted molar refractivity (Wildman–Crippen MR) is 246 cm³/mol. The summed E-state index contributed by atoms with van der Waals surface area (Å²) in [6.45, 7) is 24.4. The summed E-state index contributed by atoms with van der Waals surface area (Å²) in [6.07, 6.45) is 9.20. The molecule has 4 aromatic carbocycles. The molecule has 0 unspecified atom stereocenters. The number of nitrogens with zero attached hydrogens (tertiary/aromatic N) is 1. The Morgan fingerprint density at radius 1 is 0.770 bits per heavy atom. The maximum absolute atomic E-state index is 12.5. The number of nitrogens with one attached hydrogen (secondary N) is 1. The van der Waals surface area contributed by atoms with Crippen LogP contribution in [0.2, 0.25) is 0 Å². The van der Waals surface area contributed by atoms with Gasteiger partial charge < -0.3 is 24.6 Å². The number of aromatic hydroxyl groups is 1. The van der Waals surface area contributed by atoms with Gasteiger partial charge in [0.15, 0.2) is 6.29 Å². The van der Waals surface area contributed by atoms with Crippen LogP contribution < -0.4 is 10.1 Å². The third-order valence-corrected chi connectivity index (χ3v) is 13.5. The summed E-state index contributed by atoms with van der Waals surface area (Å²) in [7, 11) is 0. The summed E-state index contributed by atoms with van der Waals surface area (Å²) >= 11 is 0. The topological polar surface area (TPSA) is 114 Å². The van der Waals surface area contributed by atoms with Gasteiger partial charge in [0.2, 0.25) is 0 Å². The Bertz CT molecular complexity index is 2100. The Kier molecular flexibility index (Phi) is 16.4. The summed E-state index contributed by atoms with van der Waals surface area (Å²) in [4.78, 5) is 37.2. The lowest BCUT2D eigenvalue weighted by atomic mass is 9.72. The molecule has 2 saturated heterocycles. The summed E-state index contributed by atoms with van der Waals surface area (Å²) in [6, 6.07) is 20.2. The van der Waals surface area contributed by atoms with Crippen molar-refractivity contribution in [1.82, 2.24) is 10.2 Å². The van der Waals surface area contributed by atoms with Gasteiger partial charge in [0.25, 0.3) is 0 Å². The standard InChI is InChI=1S/C31H45NO3.C12H10O2.C9H17NO2/c1-7-34-29(33)31(6)16-18-32(19-17-31)21-27-26-11-9-8-10-25(26)22(2)20-28(27)35-24-14-12-23(13-15-24)30(3,4)5;1-8-6-12(14)11(7-13)10-5-3-2-4-9(8)10;1-3-12-8(11)9(2)4-6-10-7-5-9/h8-11,20,23-24H,7,12-19,21H2,1-6H3;2-7,14H,1H3;10H,3-7H2,1-2H3. The lowest BCUT2D eigenvalue weighted by Crippen LogP contribution is -2.43. The molecule has 61 heavy (non-hydrogen) atoms. The number of esters is 2. The number of likely N-dealkylation sites (tertiary alicyclic amines) is 1. The number of carbonyl (C=O) groups is 3. The lowest BCUT2D eigenvalue weighted by molar-refractivity contribution is -0.157. The SMILES string of the molecule is CCOC(=O)C1(C)CCN(Cc2c(OC3CCC(C(C)(C)C)CC3)cc(C)c3ccccc23)CC1.CCOC(=O)C1(C)CCNCC1.Cc1cc(O)c(C=O)c2ccccc12. The Hall–Kier alpha value is -4.47. The highest BCUT2D eigenvalue weighted by atomic mass is 16.5. The molecule has 332 valence electrons. The smallest absolute Gasteiger partial charge is 0.311 e. The highest BCUT2D eigenvalue weighted by molar-refractivity contribution is 6.02. The number of fused-ring (bicyclic) bond motifs is 2. The molecule has 3 aliphatic rings. The minimum atomic E-state index is -0.368. The fourth-order valence-electron chi connectivity index (χ4n) is 9.19. The van der Waals surface area contributed by atoms with E-state index >= 15 is 0 Å². The van der Waals surface area contributed by atoms with E-state index in [4.69, 9.17) is 14.2 Å². The Morgan fingerprint density at radius 3 is 1.79 bits per heavy atom. The van der Waals surface area contributed by atoms with Gasteiger partial charge in [-0.1, -0.05) is 69.3 Å². The van der Waals surface area contributed by atoms with Crippen molar-refractivity contribution in [2.45, 2.75) is 126 Å². The number of phenols is 1. The number of rotatable bonds is 9. The van der Waals surface area contributed by atoms with Gasteiger partial charge in [0.05, 0.1) is 35.7 Å². The van der Waals surface area contributed by atoms with E-state index in [1.165, 1.54) is 34.7 Å². The molecule has 0 radical (unpaired) electrons. The van der Waals surface area contributed by atoms with E-state index in [0.29, 0.717) is 36.6 Å². The fraction of sp³-hybridized carbons (Fsp3) is 0.558. The van der Waals surface area contributed by atoms with Gasteiger partial charge in [0, 0.05) is 12.1 Å². The van der Waals surface area contributed by atoms with Crippen LogP contribution in [0.5, 0.6) is 11.5 Å². The molecule has 1 saturated carbocycles. The molecule has 9 nitrogen and oxygen atoms in total. The number of aldehydes is 1. The van der Waals surface area contributed by atoms with Crippen LogP contribution in [0.3, 0.4) is 0 Å². The molecule has 0 bridgehead atoms. The van der Waals surface area contributed by atoms with Crippen molar-refractivity contribution < 1.29 is 33.7 Å². The first-order valence-electron chi connectivity index (χ1n) is 22.7. The summed E-state index contributed by atoms with van der Waals surface area (Å²) in [5, 5.41) is 17.2. The molecule has 3 fully saturated rings. The Labute approximate surface area is 364 Å². The zero-order valence-corrected chi connectivity index (χ0v) is 38.5. The molecule has 2 aliphatic heterocycles. The van der Waals surface area contributed by atoms with Crippen LogP contribution in [-0.4, -0.2) is 73.7 Å². The van der Waals surface area contributed by atoms with Crippen LogP contribution in [-0.2, 0) is 25.6 Å². The molecular weight excluding hydrogens is 765 g/mol. The Balaban J connectivity index is 0.000000219. The van der Waals surface area contributed by atoms with Gasteiger partial charge in [0.1, 0.15) is 11.5 Å². The fourth-order valence-corrected chi connectivity index (χ4v) is 9.19. The lowest BCUT2D eigenvalue weighted by Gasteiger charge is -2.38. The highest BCUT2D eigenvalue weighted by Crippen LogP contribution is 2.41. The van der Waals surface area contributed by atoms with Gasteiger partial charge >= 0.3 is 11.9 Å². The van der Waals surface area contributed by atoms with E-state index in [9.17, 15) is 19.5 Å². The summed E-state index contributed by atoms with van der Waals surface area (Å²) < 4.78 is 17.2. The maximum atomic E-state index is 12.5. The van der Waals surface area contributed by atoms with E-state index in [2.05, 4.69) is 75.2 Å². The largest absolute Gasteiger partial charge is 0.507 e. The normalized spacial score (nSPS) is 20.0. The molecule has 9 heteroatoms. The van der Waals surface area contributed by atoms with Crippen LogP contribution in [0, 0.1) is 36.0 Å². The molecule has 1 aliphatic carbocycles. The zero-order chi connectivity index (χ0) is 44.4. The van der Waals surface area contributed by atoms with Crippen molar-refractivity contribution in [2.75, 3.05) is 39.4 Å².